The van der Waals surface area contributed by atoms with E-state index in [1.165, 1.54) is 0 Å². The number of benzene rings is 2. The third-order valence-electron chi connectivity index (χ3n) is 4.00. The molecule has 0 heterocycles. The van der Waals surface area contributed by atoms with Crippen LogP contribution in [-0.2, 0) is 0 Å². The molecule has 0 aliphatic carbocycles. The van der Waals surface area contributed by atoms with Gasteiger partial charge >= 0.3 is 0 Å². The number of nitrogens with zero attached hydrogens (tertiary/aromatic N) is 1. The van der Waals surface area contributed by atoms with Gasteiger partial charge in [0.1, 0.15) is 5.75 Å². The molecule has 2 rings (SSSR count). The van der Waals surface area contributed by atoms with E-state index in [1.807, 2.05) is 25.1 Å². The maximum atomic E-state index is 12.6. The summed E-state index contributed by atoms with van der Waals surface area (Å²) in [7, 11) is 1.78. The van der Waals surface area contributed by atoms with Crippen LogP contribution in [0.25, 0.3) is 0 Å². The monoisotopic (exact) mass is 354 g/mol. The lowest BCUT2D eigenvalue weighted by molar-refractivity contribution is 0.0793. The van der Waals surface area contributed by atoms with Crippen molar-refractivity contribution in [1.29, 1.82) is 0 Å². The molecule has 0 fully saturated rings. The molecule has 0 bridgehead atoms. The minimum absolute atomic E-state index is 0.0807. The molecule has 0 atom stereocenters. The van der Waals surface area contributed by atoms with Crippen LogP contribution in [0.15, 0.2) is 48.5 Å². The van der Waals surface area contributed by atoms with Gasteiger partial charge in [0.05, 0.1) is 12.3 Å². The maximum absolute atomic E-state index is 12.6. The quantitative estimate of drug-likeness (QED) is 0.772. The first-order valence-electron chi connectivity index (χ1n) is 8.95. The standard InChI is InChI=1S/C21H26N2O3/c1-4-6-14-23(3)21(25)17-11-9-10-16(15-17)20(24)22-18-12-7-8-13-19(18)26-5-2/h7-13,15H,4-6,14H2,1-3H3,(H,22,24). The average Bonchev–Trinajstić information content (AvgIpc) is 2.67. The highest BCUT2D eigenvalue weighted by Gasteiger charge is 2.15. The molecule has 1 N–H and O–H groups in total. The van der Waals surface area contributed by atoms with Gasteiger partial charge in [-0.15, -0.1) is 0 Å². The number of ether oxygens (including phenoxy) is 1. The summed E-state index contributed by atoms with van der Waals surface area (Å²) < 4.78 is 5.53. The lowest BCUT2D eigenvalue weighted by Crippen LogP contribution is -2.28. The van der Waals surface area contributed by atoms with Crippen LogP contribution in [0, 0.1) is 0 Å². The zero-order valence-corrected chi connectivity index (χ0v) is 15.6. The number of carbonyl (C=O) groups excluding carboxylic acids is 2. The van der Waals surface area contributed by atoms with E-state index in [0.717, 1.165) is 12.8 Å². The number of anilines is 1. The Labute approximate surface area is 155 Å². The third kappa shape index (κ3) is 5.09. The predicted molar refractivity (Wildman–Crippen MR) is 104 cm³/mol. The van der Waals surface area contributed by atoms with Crippen molar-refractivity contribution in [3.05, 3.63) is 59.7 Å². The van der Waals surface area contributed by atoms with E-state index in [2.05, 4.69) is 12.2 Å². The highest BCUT2D eigenvalue weighted by molar-refractivity contribution is 6.06. The van der Waals surface area contributed by atoms with Gasteiger partial charge in [-0.25, -0.2) is 0 Å². The summed E-state index contributed by atoms with van der Waals surface area (Å²) in [4.78, 5) is 26.8. The van der Waals surface area contributed by atoms with Gasteiger partial charge in [0, 0.05) is 24.7 Å². The molecular formula is C21H26N2O3. The van der Waals surface area contributed by atoms with Crippen LogP contribution in [0.2, 0.25) is 0 Å². The number of carbonyl (C=O) groups is 2. The van der Waals surface area contributed by atoms with Crippen molar-refractivity contribution in [2.45, 2.75) is 26.7 Å². The van der Waals surface area contributed by atoms with Crippen molar-refractivity contribution in [3.8, 4) is 5.75 Å². The van der Waals surface area contributed by atoms with Crippen molar-refractivity contribution in [3.63, 3.8) is 0 Å². The number of unbranched alkanes of at least 4 members (excludes halogenated alkanes) is 1. The summed E-state index contributed by atoms with van der Waals surface area (Å²) in [6.07, 6.45) is 1.98. The molecular weight excluding hydrogens is 328 g/mol. The van der Waals surface area contributed by atoms with Gasteiger partial charge in [-0.1, -0.05) is 31.5 Å². The molecule has 0 aliphatic heterocycles. The number of hydrogen-bond donors (Lipinski definition) is 1. The fourth-order valence-corrected chi connectivity index (χ4v) is 2.56. The topological polar surface area (TPSA) is 58.6 Å². The molecule has 0 radical (unpaired) electrons. The van der Waals surface area contributed by atoms with Crippen LogP contribution in [-0.4, -0.2) is 36.9 Å². The smallest absolute Gasteiger partial charge is 0.255 e. The second kappa shape index (κ2) is 9.61. The largest absolute Gasteiger partial charge is 0.492 e. The van der Waals surface area contributed by atoms with Crippen molar-refractivity contribution in [1.82, 2.24) is 4.90 Å². The molecule has 0 aliphatic rings. The van der Waals surface area contributed by atoms with Crippen LogP contribution in [0.3, 0.4) is 0 Å². The summed E-state index contributed by atoms with van der Waals surface area (Å²) in [5.41, 5.74) is 1.55. The predicted octanol–water partition coefficient (Wildman–Crippen LogP) is 4.21. The first kappa shape index (κ1) is 19.5. The molecule has 2 amide bonds. The molecule has 5 nitrogen and oxygen atoms in total. The van der Waals surface area contributed by atoms with Gasteiger partial charge < -0.3 is 15.0 Å². The lowest BCUT2D eigenvalue weighted by atomic mass is 10.1. The zero-order valence-electron chi connectivity index (χ0n) is 15.6. The van der Waals surface area contributed by atoms with Crippen molar-refractivity contribution in [2.75, 3.05) is 25.5 Å². The third-order valence-corrected chi connectivity index (χ3v) is 4.00. The van der Waals surface area contributed by atoms with Crippen molar-refractivity contribution < 1.29 is 14.3 Å². The van der Waals surface area contributed by atoms with Gasteiger partial charge in [-0.2, -0.15) is 0 Å². The summed E-state index contributed by atoms with van der Waals surface area (Å²) >= 11 is 0. The van der Waals surface area contributed by atoms with E-state index in [9.17, 15) is 9.59 Å². The fourth-order valence-electron chi connectivity index (χ4n) is 2.56. The molecule has 0 unspecified atom stereocenters. The average molecular weight is 354 g/mol. The van der Waals surface area contributed by atoms with Gasteiger partial charge in [0.2, 0.25) is 0 Å². The number of hydrogen-bond acceptors (Lipinski definition) is 3. The molecule has 5 heteroatoms. The molecule has 2 aromatic rings. The summed E-state index contributed by atoms with van der Waals surface area (Å²) in [5.74, 6) is 0.265. The highest BCUT2D eigenvalue weighted by Crippen LogP contribution is 2.24. The Hall–Kier alpha value is -2.82. The molecule has 0 saturated heterocycles. The Morgan fingerprint density at radius 2 is 1.77 bits per heavy atom. The first-order chi connectivity index (χ1) is 12.6. The Bertz CT molecular complexity index is 758. The summed E-state index contributed by atoms with van der Waals surface area (Å²) in [6.45, 7) is 5.19. The summed E-state index contributed by atoms with van der Waals surface area (Å²) in [5, 5.41) is 2.85. The minimum atomic E-state index is -0.275. The van der Waals surface area contributed by atoms with E-state index in [0.29, 0.717) is 35.7 Å². The van der Waals surface area contributed by atoms with Crippen molar-refractivity contribution >= 4 is 17.5 Å². The molecule has 0 saturated carbocycles. The second-order valence-corrected chi connectivity index (χ2v) is 6.04. The highest BCUT2D eigenvalue weighted by atomic mass is 16.5. The van der Waals surface area contributed by atoms with E-state index < -0.39 is 0 Å². The number of para-hydroxylation sites is 2. The maximum Gasteiger partial charge on any atom is 0.255 e. The van der Waals surface area contributed by atoms with E-state index >= 15 is 0 Å². The Morgan fingerprint density at radius 3 is 2.50 bits per heavy atom. The lowest BCUT2D eigenvalue weighted by Gasteiger charge is -2.17. The fraction of sp³-hybridized carbons (Fsp3) is 0.333. The van der Waals surface area contributed by atoms with E-state index in [-0.39, 0.29) is 11.8 Å². The number of nitrogens with one attached hydrogen (secondary N) is 1. The van der Waals surface area contributed by atoms with E-state index in [1.54, 1.807) is 42.3 Å². The SMILES string of the molecule is CCCCN(C)C(=O)c1cccc(C(=O)Nc2ccccc2OCC)c1. The minimum Gasteiger partial charge on any atom is -0.492 e. The van der Waals surface area contributed by atoms with Crippen LogP contribution < -0.4 is 10.1 Å². The van der Waals surface area contributed by atoms with Crippen molar-refractivity contribution in [2.24, 2.45) is 0 Å². The first-order valence-corrected chi connectivity index (χ1v) is 8.95. The zero-order chi connectivity index (χ0) is 18.9. The Morgan fingerprint density at radius 1 is 1.04 bits per heavy atom. The van der Waals surface area contributed by atoms with Gasteiger partial charge in [0.25, 0.3) is 11.8 Å². The second-order valence-electron chi connectivity index (χ2n) is 6.04. The Balaban J connectivity index is 2.14. The van der Waals surface area contributed by atoms with Crippen LogP contribution >= 0.6 is 0 Å². The molecule has 0 aromatic heterocycles. The van der Waals surface area contributed by atoms with E-state index in [4.69, 9.17) is 4.74 Å². The molecule has 0 spiro atoms. The number of amides is 2. The summed E-state index contributed by atoms with van der Waals surface area (Å²) in [6, 6.07) is 14.1. The van der Waals surface area contributed by atoms with Crippen LogP contribution in [0.1, 0.15) is 47.4 Å². The van der Waals surface area contributed by atoms with Gasteiger partial charge in [0.15, 0.2) is 0 Å². The van der Waals surface area contributed by atoms with Crippen LogP contribution in [0.4, 0.5) is 5.69 Å². The molecule has 138 valence electrons. The van der Waals surface area contributed by atoms with Gasteiger partial charge in [-0.05, 0) is 43.7 Å². The van der Waals surface area contributed by atoms with Gasteiger partial charge in [-0.3, -0.25) is 9.59 Å². The number of rotatable bonds is 8. The molecule has 2 aromatic carbocycles. The Kier molecular flexibility index (Phi) is 7.21. The normalized spacial score (nSPS) is 10.3. The molecule has 26 heavy (non-hydrogen) atoms. The van der Waals surface area contributed by atoms with Crippen LogP contribution in [0.5, 0.6) is 5.75 Å².